The summed E-state index contributed by atoms with van der Waals surface area (Å²) in [5, 5.41) is 3.35. The highest BCUT2D eigenvalue weighted by atomic mass is 32.1. The summed E-state index contributed by atoms with van der Waals surface area (Å²) in [7, 11) is 0. The quantitative estimate of drug-likeness (QED) is 0.569. The van der Waals surface area contributed by atoms with Crippen molar-refractivity contribution in [2.24, 2.45) is 11.7 Å². The number of hydrogen-bond acceptors (Lipinski definition) is 2. The molecule has 0 radical (unpaired) electrons. The molecule has 1 aromatic rings. The van der Waals surface area contributed by atoms with Crippen LogP contribution in [0, 0.1) is 5.92 Å². The molecule has 0 bridgehead atoms. The summed E-state index contributed by atoms with van der Waals surface area (Å²) in [4.78, 5) is 0.585. The topological polar surface area (TPSA) is 38.0 Å². The van der Waals surface area contributed by atoms with E-state index >= 15 is 0 Å². The van der Waals surface area contributed by atoms with E-state index in [-0.39, 0.29) is 5.92 Å². The highest BCUT2D eigenvalue weighted by molar-refractivity contribution is 7.80. The van der Waals surface area contributed by atoms with Crippen molar-refractivity contribution in [1.82, 2.24) is 5.32 Å². The molecule has 0 saturated carbocycles. The molecule has 0 spiro atoms. The van der Waals surface area contributed by atoms with E-state index in [0.29, 0.717) is 4.99 Å². The summed E-state index contributed by atoms with van der Waals surface area (Å²) in [5.41, 5.74) is 6.88. The van der Waals surface area contributed by atoms with Crippen LogP contribution in [0.5, 0.6) is 0 Å². The highest BCUT2D eigenvalue weighted by Crippen LogP contribution is 1.98. The molecule has 0 aromatic heterocycles. The van der Waals surface area contributed by atoms with Gasteiger partial charge in [-0.25, -0.2) is 0 Å². The third-order valence-corrected chi connectivity index (χ3v) is 2.77. The van der Waals surface area contributed by atoms with Crippen LogP contribution < -0.4 is 11.1 Å². The van der Waals surface area contributed by atoms with E-state index in [9.17, 15) is 0 Å². The van der Waals surface area contributed by atoms with Gasteiger partial charge in [0.05, 0.1) is 4.99 Å². The summed E-state index contributed by atoms with van der Waals surface area (Å²) in [6, 6.07) is 10.4. The maximum Gasteiger partial charge on any atom is 0.0768 e. The Kier molecular flexibility index (Phi) is 5.29. The first-order valence-corrected chi connectivity index (χ1v) is 5.65. The molecule has 2 nitrogen and oxygen atoms in total. The second-order valence-corrected chi connectivity index (χ2v) is 4.21. The summed E-state index contributed by atoms with van der Waals surface area (Å²) < 4.78 is 0. The van der Waals surface area contributed by atoms with Crippen LogP contribution >= 0.6 is 12.2 Å². The number of hydrogen-bond donors (Lipinski definition) is 2. The first-order valence-electron chi connectivity index (χ1n) is 5.24. The van der Waals surface area contributed by atoms with Gasteiger partial charge < -0.3 is 11.1 Å². The van der Waals surface area contributed by atoms with Crippen LogP contribution in [0.2, 0.25) is 0 Å². The molecule has 0 amide bonds. The van der Waals surface area contributed by atoms with E-state index < -0.39 is 0 Å². The first kappa shape index (κ1) is 12.1. The van der Waals surface area contributed by atoms with Crippen LogP contribution in [0.4, 0.5) is 0 Å². The van der Waals surface area contributed by atoms with Crippen LogP contribution in [0.1, 0.15) is 12.5 Å². The molecule has 0 saturated heterocycles. The van der Waals surface area contributed by atoms with Crippen molar-refractivity contribution >= 4 is 17.2 Å². The van der Waals surface area contributed by atoms with Gasteiger partial charge in [-0.2, -0.15) is 0 Å². The third kappa shape index (κ3) is 4.91. The standard InChI is InChI=1S/C12H18N2S/c1-10(12(13)15)9-14-8-7-11-5-3-2-4-6-11/h2-6,10,14H,7-9H2,1H3,(H2,13,15). The molecule has 0 aliphatic carbocycles. The number of thiocarbonyl (C=S) groups is 1. The van der Waals surface area contributed by atoms with Gasteiger partial charge in [0, 0.05) is 12.5 Å². The second kappa shape index (κ2) is 6.53. The summed E-state index contributed by atoms with van der Waals surface area (Å²) in [5.74, 6) is 0.274. The number of rotatable bonds is 6. The van der Waals surface area contributed by atoms with Crippen molar-refractivity contribution in [2.45, 2.75) is 13.3 Å². The van der Waals surface area contributed by atoms with Crippen LogP contribution in [0.3, 0.4) is 0 Å². The fraction of sp³-hybridized carbons (Fsp3) is 0.417. The normalized spacial score (nSPS) is 12.3. The zero-order valence-electron chi connectivity index (χ0n) is 9.07. The largest absolute Gasteiger partial charge is 0.393 e. The van der Waals surface area contributed by atoms with Crippen molar-refractivity contribution < 1.29 is 0 Å². The molecule has 1 aromatic carbocycles. The molecule has 0 fully saturated rings. The molecular weight excluding hydrogens is 204 g/mol. The molecule has 3 N–H and O–H groups in total. The van der Waals surface area contributed by atoms with Gasteiger partial charge in [0.15, 0.2) is 0 Å². The zero-order chi connectivity index (χ0) is 11.1. The molecule has 1 unspecified atom stereocenters. The van der Waals surface area contributed by atoms with Gasteiger partial charge in [-0.15, -0.1) is 0 Å². The van der Waals surface area contributed by atoms with Crippen molar-refractivity contribution in [3.63, 3.8) is 0 Å². The minimum Gasteiger partial charge on any atom is -0.393 e. The first-order chi connectivity index (χ1) is 7.20. The fourth-order valence-corrected chi connectivity index (χ4v) is 1.38. The Morgan fingerprint density at radius 3 is 2.67 bits per heavy atom. The lowest BCUT2D eigenvalue weighted by Crippen LogP contribution is -2.30. The molecular formula is C12H18N2S. The lowest BCUT2D eigenvalue weighted by Gasteiger charge is -2.10. The Bertz CT molecular complexity index is 298. The maximum absolute atomic E-state index is 5.52. The van der Waals surface area contributed by atoms with E-state index in [1.807, 2.05) is 13.0 Å². The predicted octanol–water partition coefficient (Wildman–Crippen LogP) is 1.74. The Labute approximate surface area is 96.9 Å². The minimum atomic E-state index is 0.274. The van der Waals surface area contributed by atoms with Gasteiger partial charge in [-0.1, -0.05) is 49.5 Å². The molecule has 0 aliphatic heterocycles. The van der Waals surface area contributed by atoms with E-state index in [1.54, 1.807) is 0 Å². The van der Waals surface area contributed by atoms with Crippen molar-refractivity contribution in [2.75, 3.05) is 13.1 Å². The lowest BCUT2D eigenvalue weighted by atomic mass is 10.1. The summed E-state index contributed by atoms with van der Waals surface area (Å²) in [6.07, 6.45) is 1.05. The Hall–Kier alpha value is -0.930. The van der Waals surface area contributed by atoms with Crippen molar-refractivity contribution in [3.05, 3.63) is 35.9 Å². The Morgan fingerprint density at radius 1 is 1.40 bits per heavy atom. The highest BCUT2D eigenvalue weighted by Gasteiger charge is 2.03. The van der Waals surface area contributed by atoms with E-state index in [4.69, 9.17) is 18.0 Å². The van der Waals surface area contributed by atoms with Gasteiger partial charge in [-0.3, -0.25) is 0 Å². The van der Waals surface area contributed by atoms with Crippen molar-refractivity contribution in [1.29, 1.82) is 0 Å². The molecule has 1 atom stereocenters. The summed E-state index contributed by atoms with van der Waals surface area (Å²) >= 11 is 4.90. The lowest BCUT2D eigenvalue weighted by molar-refractivity contribution is 0.617. The van der Waals surface area contributed by atoms with E-state index in [1.165, 1.54) is 5.56 Å². The fourth-order valence-electron chi connectivity index (χ4n) is 1.30. The third-order valence-electron chi connectivity index (χ3n) is 2.37. The smallest absolute Gasteiger partial charge is 0.0768 e. The summed E-state index contributed by atoms with van der Waals surface area (Å²) in [6.45, 7) is 3.87. The van der Waals surface area contributed by atoms with E-state index in [2.05, 4.69) is 29.6 Å². The minimum absolute atomic E-state index is 0.274. The zero-order valence-corrected chi connectivity index (χ0v) is 9.89. The molecule has 15 heavy (non-hydrogen) atoms. The van der Waals surface area contributed by atoms with Crippen LogP contribution in [-0.4, -0.2) is 18.1 Å². The number of nitrogens with two attached hydrogens (primary N) is 1. The van der Waals surface area contributed by atoms with Gasteiger partial charge in [0.25, 0.3) is 0 Å². The van der Waals surface area contributed by atoms with Gasteiger partial charge in [0.1, 0.15) is 0 Å². The molecule has 3 heteroatoms. The van der Waals surface area contributed by atoms with Gasteiger partial charge in [0.2, 0.25) is 0 Å². The van der Waals surface area contributed by atoms with Gasteiger partial charge in [-0.05, 0) is 18.5 Å². The van der Waals surface area contributed by atoms with E-state index in [0.717, 1.165) is 19.5 Å². The maximum atomic E-state index is 5.52. The monoisotopic (exact) mass is 222 g/mol. The van der Waals surface area contributed by atoms with Crippen LogP contribution in [-0.2, 0) is 6.42 Å². The van der Waals surface area contributed by atoms with Crippen LogP contribution in [0.15, 0.2) is 30.3 Å². The number of nitrogens with one attached hydrogen (secondary N) is 1. The second-order valence-electron chi connectivity index (χ2n) is 3.74. The molecule has 0 aliphatic rings. The number of benzene rings is 1. The molecule has 0 heterocycles. The predicted molar refractivity (Wildman–Crippen MR) is 69.0 cm³/mol. The van der Waals surface area contributed by atoms with Crippen LogP contribution in [0.25, 0.3) is 0 Å². The SMILES string of the molecule is CC(CNCCc1ccccc1)C(N)=S. The average Bonchev–Trinajstić information content (AvgIpc) is 2.25. The molecule has 82 valence electrons. The van der Waals surface area contributed by atoms with Gasteiger partial charge >= 0.3 is 0 Å². The van der Waals surface area contributed by atoms with Crippen molar-refractivity contribution in [3.8, 4) is 0 Å². The molecule has 1 rings (SSSR count). The average molecular weight is 222 g/mol. The Morgan fingerprint density at radius 2 is 2.07 bits per heavy atom. The Balaban J connectivity index is 2.15.